The lowest BCUT2D eigenvalue weighted by Crippen LogP contribution is -2.41. The molecule has 1 fully saturated rings. The van der Waals surface area contributed by atoms with Crippen LogP contribution in [0.3, 0.4) is 0 Å². The Hall–Kier alpha value is -1.11. The molecule has 1 amide bonds. The van der Waals surface area contributed by atoms with E-state index in [9.17, 15) is 4.79 Å². The first-order chi connectivity index (χ1) is 12.2. The van der Waals surface area contributed by atoms with E-state index >= 15 is 0 Å². The van der Waals surface area contributed by atoms with Gasteiger partial charge < -0.3 is 4.90 Å². The minimum absolute atomic E-state index is 0.343. The summed E-state index contributed by atoms with van der Waals surface area (Å²) in [6, 6.07) is 0.468. The second kappa shape index (κ2) is 11.5. The van der Waals surface area contributed by atoms with Crippen LogP contribution in [0, 0.1) is 0 Å². The fraction of sp³-hybridized carbons (Fsp3) is 0.889. The Morgan fingerprint density at radius 1 is 1.20 bits per heavy atom. The molecule has 0 atom stereocenters. The number of amides is 1. The third-order valence-electron chi connectivity index (χ3n) is 4.94. The largest absolute Gasteiger partial charge is 0.340 e. The summed E-state index contributed by atoms with van der Waals surface area (Å²) in [7, 11) is 1.84. The van der Waals surface area contributed by atoms with Gasteiger partial charge in [0, 0.05) is 31.8 Å². The summed E-state index contributed by atoms with van der Waals surface area (Å²) in [4.78, 5) is 15.1. The Morgan fingerprint density at radius 3 is 2.56 bits per heavy atom. The number of aromatic nitrogens is 4. The fourth-order valence-electron chi connectivity index (χ4n) is 3.46. The average molecular weight is 368 g/mol. The summed E-state index contributed by atoms with van der Waals surface area (Å²) < 4.78 is 1.68. The molecule has 0 saturated heterocycles. The molecule has 1 saturated carbocycles. The van der Waals surface area contributed by atoms with Gasteiger partial charge in [-0.15, -0.1) is 5.10 Å². The number of hydrogen-bond donors (Lipinski definition) is 0. The molecule has 0 unspecified atom stereocenters. The molecule has 7 heteroatoms. The standard InChI is InChI=1S/C18H33N5OS/c1-3-4-14-23(16-11-8-6-5-7-9-12-16)17(24)13-10-15-25-18-19-20-21-22(18)2/h16H,3-15H2,1-2H3. The van der Waals surface area contributed by atoms with E-state index in [4.69, 9.17) is 0 Å². The number of aryl methyl sites for hydroxylation is 1. The lowest BCUT2D eigenvalue weighted by Gasteiger charge is -2.33. The molecule has 25 heavy (non-hydrogen) atoms. The van der Waals surface area contributed by atoms with Crippen molar-refractivity contribution in [2.24, 2.45) is 7.05 Å². The number of carbonyl (C=O) groups is 1. The van der Waals surface area contributed by atoms with Crippen molar-refractivity contribution in [3.05, 3.63) is 0 Å². The smallest absolute Gasteiger partial charge is 0.222 e. The molecular weight excluding hydrogens is 334 g/mol. The van der Waals surface area contributed by atoms with Crippen molar-refractivity contribution in [2.45, 2.75) is 88.8 Å². The molecule has 2 rings (SSSR count). The van der Waals surface area contributed by atoms with E-state index in [2.05, 4.69) is 27.3 Å². The third kappa shape index (κ3) is 6.96. The van der Waals surface area contributed by atoms with Crippen molar-refractivity contribution < 1.29 is 4.79 Å². The second-order valence-corrected chi connectivity index (χ2v) is 8.04. The number of nitrogens with zero attached hydrogens (tertiary/aromatic N) is 5. The minimum Gasteiger partial charge on any atom is -0.340 e. The number of thioether (sulfide) groups is 1. The summed E-state index contributed by atoms with van der Waals surface area (Å²) in [6.45, 7) is 3.13. The molecule has 0 radical (unpaired) electrons. The van der Waals surface area contributed by atoms with Gasteiger partial charge in [-0.2, -0.15) is 0 Å². The molecule has 0 spiro atoms. The molecule has 1 aliphatic carbocycles. The molecule has 0 bridgehead atoms. The van der Waals surface area contributed by atoms with E-state index in [1.807, 2.05) is 7.05 Å². The van der Waals surface area contributed by atoms with E-state index in [1.165, 1.54) is 44.9 Å². The second-order valence-electron chi connectivity index (χ2n) is 6.98. The number of hydrogen-bond acceptors (Lipinski definition) is 5. The van der Waals surface area contributed by atoms with Crippen LogP contribution >= 0.6 is 11.8 Å². The Balaban J connectivity index is 1.80. The number of carbonyl (C=O) groups excluding carboxylic acids is 1. The Morgan fingerprint density at radius 2 is 1.92 bits per heavy atom. The summed E-state index contributed by atoms with van der Waals surface area (Å²) in [5.41, 5.74) is 0. The van der Waals surface area contributed by atoms with E-state index in [-0.39, 0.29) is 0 Å². The SMILES string of the molecule is CCCCN(C(=O)CCCSc1nnnn1C)C1CCCCCCC1. The van der Waals surface area contributed by atoms with Crippen LogP contribution in [0.5, 0.6) is 0 Å². The zero-order valence-electron chi connectivity index (χ0n) is 15.8. The van der Waals surface area contributed by atoms with Crippen molar-refractivity contribution in [1.29, 1.82) is 0 Å². The van der Waals surface area contributed by atoms with Gasteiger partial charge >= 0.3 is 0 Å². The first-order valence-corrected chi connectivity index (χ1v) is 10.9. The number of rotatable bonds is 9. The molecule has 0 aromatic carbocycles. The van der Waals surface area contributed by atoms with Crippen molar-refractivity contribution in [2.75, 3.05) is 12.3 Å². The van der Waals surface area contributed by atoms with Gasteiger partial charge in [0.1, 0.15) is 0 Å². The summed E-state index contributed by atoms with van der Waals surface area (Å²) >= 11 is 1.62. The van der Waals surface area contributed by atoms with Gasteiger partial charge in [-0.05, 0) is 36.1 Å². The van der Waals surface area contributed by atoms with Crippen LogP contribution in [0.25, 0.3) is 0 Å². The number of tetrazole rings is 1. The topological polar surface area (TPSA) is 63.9 Å². The molecule has 0 N–H and O–H groups in total. The normalized spacial score (nSPS) is 16.4. The molecule has 1 aromatic heterocycles. The van der Waals surface area contributed by atoms with Crippen LogP contribution in [0.15, 0.2) is 5.16 Å². The Kier molecular flexibility index (Phi) is 9.29. The zero-order valence-corrected chi connectivity index (χ0v) is 16.6. The van der Waals surface area contributed by atoms with Crippen molar-refractivity contribution in [3.63, 3.8) is 0 Å². The fourth-order valence-corrected chi connectivity index (χ4v) is 4.25. The maximum Gasteiger partial charge on any atom is 0.222 e. The summed E-state index contributed by atoms with van der Waals surface area (Å²) in [6.07, 6.45) is 12.7. The highest BCUT2D eigenvalue weighted by atomic mass is 32.2. The highest BCUT2D eigenvalue weighted by Gasteiger charge is 2.23. The number of unbranched alkanes of at least 4 members (excludes halogenated alkanes) is 1. The van der Waals surface area contributed by atoms with Crippen LogP contribution in [0.1, 0.15) is 77.6 Å². The summed E-state index contributed by atoms with van der Waals surface area (Å²) in [5.74, 6) is 1.22. The lowest BCUT2D eigenvalue weighted by molar-refractivity contribution is -0.134. The van der Waals surface area contributed by atoms with E-state index in [0.29, 0.717) is 18.4 Å². The van der Waals surface area contributed by atoms with Gasteiger partial charge in [-0.1, -0.05) is 57.2 Å². The first-order valence-electron chi connectivity index (χ1n) is 9.87. The van der Waals surface area contributed by atoms with E-state index in [1.54, 1.807) is 16.4 Å². The van der Waals surface area contributed by atoms with Gasteiger partial charge in [0.25, 0.3) is 0 Å². The predicted molar refractivity (Wildman–Crippen MR) is 101 cm³/mol. The molecule has 1 aromatic rings. The third-order valence-corrected chi connectivity index (χ3v) is 6.03. The summed E-state index contributed by atoms with van der Waals surface area (Å²) in [5, 5.41) is 12.3. The van der Waals surface area contributed by atoms with Crippen LogP contribution in [0.4, 0.5) is 0 Å². The van der Waals surface area contributed by atoms with Crippen LogP contribution < -0.4 is 0 Å². The minimum atomic E-state index is 0.343. The maximum atomic E-state index is 12.8. The molecule has 1 aliphatic rings. The Bertz CT molecular complexity index is 499. The molecule has 142 valence electrons. The zero-order chi connectivity index (χ0) is 17.9. The van der Waals surface area contributed by atoms with Gasteiger partial charge in [0.05, 0.1) is 0 Å². The highest BCUT2D eigenvalue weighted by Crippen LogP contribution is 2.23. The van der Waals surface area contributed by atoms with Crippen LogP contribution in [-0.2, 0) is 11.8 Å². The molecule has 6 nitrogen and oxygen atoms in total. The molecule has 0 aliphatic heterocycles. The van der Waals surface area contributed by atoms with Gasteiger partial charge in [0.2, 0.25) is 11.1 Å². The average Bonchev–Trinajstić information content (AvgIpc) is 2.98. The highest BCUT2D eigenvalue weighted by molar-refractivity contribution is 7.99. The Labute approximate surface area is 156 Å². The van der Waals surface area contributed by atoms with E-state index < -0.39 is 0 Å². The van der Waals surface area contributed by atoms with Gasteiger partial charge in [-0.25, -0.2) is 4.68 Å². The van der Waals surface area contributed by atoms with Gasteiger partial charge in [0.15, 0.2) is 0 Å². The quantitative estimate of drug-likeness (QED) is 0.490. The van der Waals surface area contributed by atoms with E-state index in [0.717, 1.165) is 36.7 Å². The van der Waals surface area contributed by atoms with Crippen molar-refractivity contribution in [1.82, 2.24) is 25.1 Å². The van der Waals surface area contributed by atoms with Crippen molar-refractivity contribution >= 4 is 17.7 Å². The predicted octanol–water partition coefficient (Wildman–Crippen LogP) is 3.82. The molecule has 1 heterocycles. The van der Waals surface area contributed by atoms with Crippen LogP contribution in [0.2, 0.25) is 0 Å². The first kappa shape index (κ1) is 20.2. The maximum absolute atomic E-state index is 12.8. The lowest BCUT2D eigenvalue weighted by atomic mass is 9.95. The molecular formula is C18H33N5OS. The monoisotopic (exact) mass is 367 g/mol. The van der Waals surface area contributed by atoms with Gasteiger partial charge in [-0.3, -0.25) is 4.79 Å². The van der Waals surface area contributed by atoms with Crippen LogP contribution in [-0.4, -0.2) is 49.4 Å². The van der Waals surface area contributed by atoms with Crippen molar-refractivity contribution in [3.8, 4) is 0 Å².